The van der Waals surface area contributed by atoms with Gasteiger partial charge in [0.25, 0.3) is 0 Å². The van der Waals surface area contributed by atoms with Crippen molar-refractivity contribution < 1.29 is 18.6 Å². The second-order valence-corrected chi connectivity index (χ2v) is 2.60. The molecule has 3 heteroatoms. The molecule has 0 bridgehead atoms. The van der Waals surface area contributed by atoms with Crippen molar-refractivity contribution in [3.8, 4) is 0 Å². The minimum absolute atomic E-state index is 0. The summed E-state index contributed by atoms with van der Waals surface area (Å²) >= 11 is 0. The first-order chi connectivity index (χ1) is 6.92. The quantitative estimate of drug-likeness (QED) is 0.580. The third-order valence-corrected chi connectivity index (χ3v) is 1.78. The Morgan fingerprint density at radius 2 is 2.07 bits per heavy atom. The molecule has 79 valence electrons. The Labute approximate surface area is 103 Å². The average Bonchev–Trinajstić information content (AvgIpc) is 2.66. The molecule has 2 nitrogen and oxygen atoms in total. The smallest absolute Gasteiger partial charge is 0.0177 e. The molecule has 1 aromatic heterocycles. The zero-order chi connectivity index (χ0) is 10.4. The van der Waals surface area contributed by atoms with Crippen molar-refractivity contribution in [2.45, 2.75) is 20.4 Å². The molecule has 0 aliphatic rings. The molecule has 1 heterocycles. The van der Waals surface area contributed by atoms with Crippen LogP contribution in [0.1, 0.15) is 13.8 Å². The van der Waals surface area contributed by atoms with Crippen LogP contribution in [0, 0.1) is 6.33 Å². The van der Waals surface area contributed by atoms with Gasteiger partial charge in [0.15, 0.2) is 0 Å². The van der Waals surface area contributed by atoms with Gasteiger partial charge in [-0.25, -0.2) is 0 Å². The Balaban J connectivity index is 0.000000617. The molecule has 1 aromatic carbocycles. The molecule has 0 atom stereocenters. The van der Waals surface area contributed by atoms with Crippen LogP contribution in [0.15, 0.2) is 36.9 Å². The number of hydrogen-bond donors (Lipinski definition) is 0. The summed E-state index contributed by atoms with van der Waals surface area (Å²) in [6.07, 6.45) is 4.75. The maximum Gasteiger partial charge on any atom is 0.0177 e. The van der Waals surface area contributed by atoms with E-state index in [1.807, 2.05) is 48.8 Å². The van der Waals surface area contributed by atoms with E-state index in [2.05, 4.69) is 17.9 Å². The summed E-state index contributed by atoms with van der Waals surface area (Å²) in [5, 5.41) is 0. The number of allylic oxidation sites excluding steroid dienone is 1. The van der Waals surface area contributed by atoms with Crippen LogP contribution in [-0.4, -0.2) is 9.55 Å². The fraction of sp³-hybridized carbons (Fsp3) is 0.250. The average molecular weight is 238 g/mol. The van der Waals surface area contributed by atoms with Crippen molar-refractivity contribution in [2.24, 2.45) is 0 Å². The maximum atomic E-state index is 4.13. The number of fused-ring (bicyclic) bond motifs is 1. The van der Waals surface area contributed by atoms with Crippen LogP contribution in [0.4, 0.5) is 0 Å². The van der Waals surface area contributed by atoms with E-state index in [1.165, 1.54) is 0 Å². The van der Waals surface area contributed by atoms with E-state index in [9.17, 15) is 0 Å². The van der Waals surface area contributed by atoms with Crippen molar-refractivity contribution in [3.05, 3.63) is 43.2 Å². The molecular formula is C12H15N2V-. The SMILES string of the molecule is C=CCn1[c-]nc2ccccc21.CC.[V]. The molecule has 0 saturated heterocycles. The standard InChI is InChI=1S/C10H9N2.C2H6.V/c1-2-7-12-8-11-9-5-3-4-6-10(9)12;1-2;/h2-6H,1,7H2;1-2H3;/q-1;;. The van der Waals surface area contributed by atoms with Crippen LogP contribution >= 0.6 is 0 Å². The van der Waals surface area contributed by atoms with E-state index in [4.69, 9.17) is 0 Å². The first-order valence-corrected chi connectivity index (χ1v) is 4.85. The van der Waals surface area contributed by atoms with Crippen molar-refractivity contribution in [2.75, 3.05) is 0 Å². The third kappa shape index (κ3) is 3.26. The van der Waals surface area contributed by atoms with Crippen molar-refractivity contribution >= 4 is 11.0 Å². The minimum Gasteiger partial charge on any atom is -0.444 e. The van der Waals surface area contributed by atoms with E-state index in [0.29, 0.717) is 0 Å². The second-order valence-electron chi connectivity index (χ2n) is 2.60. The van der Waals surface area contributed by atoms with E-state index in [1.54, 1.807) is 0 Å². The predicted molar refractivity (Wildman–Crippen MR) is 60.1 cm³/mol. The molecule has 0 saturated carbocycles. The molecule has 2 rings (SSSR count). The largest absolute Gasteiger partial charge is 0.444 e. The van der Waals surface area contributed by atoms with Gasteiger partial charge in [-0.15, -0.1) is 18.7 Å². The minimum atomic E-state index is 0. The van der Waals surface area contributed by atoms with Gasteiger partial charge >= 0.3 is 0 Å². The van der Waals surface area contributed by atoms with E-state index in [-0.39, 0.29) is 18.6 Å². The molecule has 0 fully saturated rings. The van der Waals surface area contributed by atoms with Gasteiger partial charge in [-0.2, -0.15) is 0 Å². The van der Waals surface area contributed by atoms with Gasteiger partial charge < -0.3 is 9.55 Å². The summed E-state index contributed by atoms with van der Waals surface area (Å²) < 4.78 is 1.95. The Hall–Kier alpha value is -0.986. The van der Waals surface area contributed by atoms with Crippen molar-refractivity contribution in [1.29, 1.82) is 0 Å². The first kappa shape index (κ1) is 14.0. The molecule has 2 aromatic rings. The molecule has 1 radical (unpaired) electrons. The molecule has 0 aliphatic carbocycles. The van der Waals surface area contributed by atoms with Crippen molar-refractivity contribution in [1.82, 2.24) is 9.55 Å². The summed E-state index contributed by atoms with van der Waals surface area (Å²) in [5.74, 6) is 0. The first-order valence-electron chi connectivity index (χ1n) is 4.85. The molecular weight excluding hydrogens is 223 g/mol. The zero-order valence-corrected chi connectivity index (χ0v) is 10.5. The number of para-hydroxylation sites is 2. The van der Waals surface area contributed by atoms with E-state index >= 15 is 0 Å². The van der Waals surface area contributed by atoms with Crippen LogP contribution in [0.25, 0.3) is 11.0 Å². The Morgan fingerprint density at radius 1 is 1.40 bits per heavy atom. The number of rotatable bonds is 2. The van der Waals surface area contributed by atoms with Gasteiger partial charge in [0.1, 0.15) is 0 Å². The van der Waals surface area contributed by atoms with Crippen molar-refractivity contribution in [3.63, 3.8) is 0 Å². The molecule has 0 spiro atoms. The van der Waals surface area contributed by atoms with Crippen LogP contribution in [0.5, 0.6) is 0 Å². The summed E-state index contributed by atoms with van der Waals surface area (Å²) in [5.41, 5.74) is 2.09. The fourth-order valence-corrected chi connectivity index (χ4v) is 1.22. The number of imidazole rings is 1. The van der Waals surface area contributed by atoms with Crippen LogP contribution < -0.4 is 0 Å². The summed E-state index contributed by atoms with van der Waals surface area (Å²) in [6.45, 7) is 8.44. The summed E-state index contributed by atoms with van der Waals surface area (Å²) in [4.78, 5) is 4.13. The number of benzene rings is 1. The molecule has 0 aliphatic heterocycles. The van der Waals surface area contributed by atoms with Gasteiger partial charge in [0.05, 0.1) is 0 Å². The predicted octanol–water partition coefficient (Wildman–Crippen LogP) is 3.05. The van der Waals surface area contributed by atoms with E-state index in [0.717, 1.165) is 17.6 Å². The summed E-state index contributed by atoms with van der Waals surface area (Å²) in [7, 11) is 0. The number of aromatic nitrogens is 2. The van der Waals surface area contributed by atoms with Crippen LogP contribution in [0.2, 0.25) is 0 Å². The monoisotopic (exact) mass is 238 g/mol. The number of nitrogens with zero attached hydrogens (tertiary/aromatic N) is 2. The molecule has 0 unspecified atom stereocenters. The maximum absolute atomic E-state index is 4.13. The number of hydrogen-bond acceptors (Lipinski definition) is 1. The van der Waals surface area contributed by atoms with Gasteiger partial charge in [-0.3, -0.25) is 0 Å². The second kappa shape index (κ2) is 7.33. The summed E-state index contributed by atoms with van der Waals surface area (Å²) in [6, 6.07) is 7.98. The fourth-order valence-electron chi connectivity index (χ4n) is 1.22. The van der Waals surface area contributed by atoms with Gasteiger partial charge in [0, 0.05) is 31.4 Å². The van der Waals surface area contributed by atoms with E-state index < -0.39 is 0 Å². The molecule has 0 N–H and O–H groups in total. The Bertz CT molecular complexity index is 407. The Kier molecular flexibility index (Phi) is 6.84. The van der Waals surface area contributed by atoms with Crippen LogP contribution in [-0.2, 0) is 25.1 Å². The van der Waals surface area contributed by atoms with Gasteiger partial charge in [0.2, 0.25) is 0 Å². The zero-order valence-electron chi connectivity index (χ0n) is 9.14. The molecule has 0 amide bonds. The molecule has 15 heavy (non-hydrogen) atoms. The third-order valence-electron chi connectivity index (χ3n) is 1.78. The van der Waals surface area contributed by atoms with Crippen LogP contribution in [0.3, 0.4) is 0 Å². The Morgan fingerprint density at radius 3 is 2.73 bits per heavy atom. The normalized spacial score (nSPS) is 8.67. The van der Waals surface area contributed by atoms with Gasteiger partial charge in [-0.05, 0) is 0 Å². The van der Waals surface area contributed by atoms with Gasteiger partial charge in [-0.1, -0.05) is 43.1 Å². The topological polar surface area (TPSA) is 17.8 Å².